The van der Waals surface area contributed by atoms with E-state index in [0.717, 1.165) is 36.2 Å². The van der Waals surface area contributed by atoms with Crippen LogP contribution in [0.15, 0.2) is 18.2 Å². The molecule has 1 unspecified atom stereocenters. The molecule has 2 rings (SSSR count). The Labute approximate surface area is 121 Å². The number of methoxy groups -OCH3 is 2. The van der Waals surface area contributed by atoms with Crippen LogP contribution in [-0.4, -0.2) is 38.3 Å². The van der Waals surface area contributed by atoms with E-state index in [-0.39, 0.29) is 6.04 Å². The molecule has 0 amide bonds. The lowest BCUT2D eigenvalue weighted by Crippen LogP contribution is -2.34. The molecule has 0 bridgehead atoms. The van der Waals surface area contributed by atoms with Gasteiger partial charge in [-0.3, -0.25) is 4.90 Å². The van der Waals surface area contributed by atoms with Crippen LogP contribution in [0.25, 0.3) is 0 Å². The van der Waals surface area contributed by atoms with Crippen molar-refractivity contribution in [3.05, 3.63) is 23.8 Å². The van der Waals surface area contributed by atoms with Gasteiger partial charge in [0.05, 0.1) is 14.2 Å². The van der Waals surface area contributed by atoms with Gasteiger partial charge in [-0.05, 0) is 31.9 Å². The van der Waals surface area contributed by atoms with Crippen molar-refractivity contribution < 1.29 is 9.47 Å². The van der Waals surface area contributed by atoms with E-state index in [1.807, 2.05) is 18.2 Å². The molecule has 0 aliphatic heterocycles. The topological polar surface area (TPSA) is 47.7 Å². The van der Waals surface area contributed by atoms with Gasteiger partial charge >= 0.3 is 0 Å². The molecule has 0 spiro atoms. The van der Waals surface area contributed by atoms with Crippen LogP contribution in [0.2, 0.25) is 0 Å². The van der Waals surface area contributed by atoms with Gasteiger partial charge in [0, 0.05) is 30.3 Å². The van der Waals surface area contributed by atoms with Crippen molar-refractivity contribution in [2.45, 2.75) is 38.3 Å². The Morgan fingerprint density at radius 3 is 2.60 bits per heavy atom. The Morgan fingerprint density at radius 2 is 2.05 bits per heavy atom. The molecule has 2 N–H and O–H groups in total. The second kappa shape index (κ2) is 6.95. The van der Waals surface area contributed by atoms with Crippen LogP contribution in [0.1, 0.15) is 37.8 Å². The van der Waals surface area contributed by atoms with Gasteiger partial charge in [0.15, 0.2) is 0 Å². The third-order valence-electron chi connectivity index (χ3n) is 3.85. The highest BCUT2D eigenvalue weighted by atomic mass is 16.5. The molecule has 1 aliphatic rings. The van der Waals surface area contributed by atoms with Crippen LogP contribution in [0.3, 0.4) is 0 Å². The Morgan fingerprint density at radius 1 is 1.30 bits per heavy atom. The zero-order valence-electron chi connectivity index (χ0n) is 12.8. The molecular formula is C16H26N2O2. The molecule has 0 radical (unpaired) electrons. The molecule has 1 aromatic rings. The fraction of sp³-hybridized carbons (Fsp3) is 0.625. The maximum Gasteiger partial charge on any atom is 0.127 e. The SMILES string of the molecule is CCCN(CC(N)c1ccc(OC)cc1OC)C1CC1. The molecule has 1 aliphatic carbocycles. The lowest BCUT2D eigenvalue weighted by atomic mass is 10.1. The first-order valence-corrected chi connectivity index (χ1v) is 7.41. The lowest BCUT2D eigenvalue weighted by Gasteiger charge is -2.26. The quantitative estimate of drug-likeness (QED) is 0.794. The van der Waals surface area contributed by atoms with Gasteiger partial charge in [0.2, 0.25) is 0 Å². The van der Waals surface area contributed by atoms with E-state index in [2.05, 4.69) is 11.8 Å². The number of nitrogens with zero attached hydrogens (tertiary/aromatic N) is 1. The number of ether oxygens (including phenoxy) is 2. The molecule has 0 aromatic heterocycles. The predicted molar refractivity (Wildman–Crippen MR) is 81.4 cm³/mol. The molecule has 4 nitrogen and oxygen atoms in total. The minimum absolute atomic E-state index is 0.0250. The molecule has 0 saturated heterocycles. The summed E-state index contributed by atoms with van der Waals surface area (Å²) in [6.45, 7) is 4.23. The van der Waals surface area contributed by atoms with Gasteiger partial charge in [-0.15, -0.1) is 0 Å². The highest BCUT2D eigenvalue weighted by Gasteiger charge is 2.30. The average Bonchev–Trinajstić information content (AvgIpc) is 3.30. The summed E-state index contributed by atoms with van der Waals surface area (Å²) >= 11 is 0. The lowest BCUT2D eigenvalue weighted by molar-refractivity contribution is 0.246. The van der Waals surface area contributed by atoms with E-state index in [1.54, 1.807) is 14.2 Å². The third kappa shape index (κ3) is 3.64. The van der Waals surface area contributed by atoms with Gasteiger partial charge in [-0.1, -0.05) is 13.0 Å². The molecule has 0 heterocycles. The summed E-state index contributed by atoms with van der Waals surface area (Å²) in [5.41, 5.74) is 7.45. The summed E-state index contributed by atoms with van der Waals surface area (Å²) < 4.78 is 10.7. The minimum atomic E-state index is -0.0250. The van der Waals surface area contributed by atoms with Gasteiger partial charge in [-0.2, -0.15) is 0 Å². The smallest absolute Gasteiger partial charge is 0.127 e. The van der Waals surface area contributed by atoms with E-state index in [1.165, 1.54) is 19.3 Å². The van der Waals surface area contributed by atoms with Crippen LogP contribution < -0.4 is 15.2 Å². The Kier molecular flexibility index (Phi) is 5.26. The van der Waals surface area contributed by atoms with Crippen LogP contribution in [0, 0.1) is 0 Å². The minimum Gasteiger partial charge on any atom is -0.497 e. The summed E-state index contributed by atoms with van der Waals surface area (Å²) in [5, 5.41) is 0. The Balaban J connectivity index is 2.08. The fourth-order valence-electron chi connectivity index (χ4n) is 2.63. The van der Waals surface area contributed by atoms with Crippen molar-refractivity contribution in [3.63, 3.8) is 0 Å². The van der Waals surface area contributed by atoms with Crippen LogP contribution in [0.4, 0.5) is 0 Å². The van der Waals surface area contributed by atoms with Crippen molar-refractivity contribution in [1.82, 2.24) is 4.90 Å². The molecule has 20 heavy (non-hydrogen) atoms. The van der Waals surface area contributed by atoms with Crippen molar-refractivity contribution >= 4 is 0 Å². The van der Waals surface area contributed by atoms with Gasteiger partial charge in [0.25, 0.3) is 0 Å². The number of hydrogen-bond donors (Lipinski definition) is 1. The molecule has 4 heteroatoms. The Hall–Kier alpha value is -1.26. The molecule has 1 saturated carbocycles. The van der Waals surface area contributed by atoms with Crippen molar-refractivity contribution in [2.24, 2.45) is 5.73 Å². The van der Waals surface area contributed by atoms with E-state index >= 15 is 0 Å². The summed E-state index contributed by atoms with van der Waals surface area (Å²) in [6, 6.07) is 6.57. The third-order valence-corrected chi connectivity index (χ3v) is 3.85. The first-order chi connectivity index (χ1) is 9.69. The second-order valence-corrected chi connectivity index (χ2v) is 5.44. The van der Waals surface area contributed by atoms with Gasteiger partial charge in [0.1, 0.15) is 11.5 Å². The second-order valence-electron chi connectivity index (χ2n) is 5.44. The molecule has 1 atom stereocenters. The predicted octanol–water partition coefficient (Wildman–Crippen LogP) is 2.58. The first-order valence-electron chi connectivity index (χ1n) is 7.41. The largest absolute Gasteiger partial charge is 0.497 e. The number of benzene rings is 1. The zero-order chi connectivity index (χ0) is 14.5. The van der Waals surface area contributed by atoms with E-state index in [4.69, 9.17) is 15.2 Å². The Bertz CT molecular complexity index is 432. The molecule has 112 valence electrons. The van der Waals surface area contributed by atoms with Crippen LogP contribution in [-0.2, 0) is 0 Å². The normalized spacial score (nSPS) is 16.2. The van der Waals surface area contributed by atoms with Gasteiger partial charge < -0.3 is 15.2 Å². The van der Waals surface area contributed by atoms with Crippen molar-refractivity contribution in [2.75, 3.05) is 27.3 Å². The zero-order valence-corrected chi connectivity index (χ0v) is 12.8. The number of hydrogen-bond acceptors (Lipinski definition) is 4. The first kappa shape index (κ1) is 15.1. The highest BCUT2D eigenvalue weighted by molar-refractivity contribution is 5.42. The highest BCUT2D eigenvalue weighted by Crippen LogP contribution is 2.32. The van der Waals surface area contributed by atoms with E-state index in [0.29, 0.717) is 0 Å². The number of rotatable bonds is 8. The summed E-state index contributed by atoms with van der Waals surface area (Å²) in [7, 11) is 3.33. The molecular weight excluding hydrogens is 252 g/mol. The van der Waals surface area contributed by atoms with Crippen LogP contribution >= 0.6 is 0 Å². The van der Waals surface area contributed by atoms with Crippen molar-refractivity contribution in [1.29, 1.82) is 0 Å². The fourth-order valence-corrected chi connectivity index (χ4v) is 2.63. The number of nitrogens with two attached hydrogens (primary N) is 1. The van der Waals surface area contributed by atoms with Gasteiger partial charge in [-0.25, -0.2) is 0 Å². The monoisotopic (exact) mass is 278 g/mol. The summed E-state index contributed by atoms with van der Waals surface area (Å²) in [4.78, 5) is 2.51. The van der Waals surface area contributed by atoms with Crippen LogP contribution in [0.5, 0.6) is 11.5 Å². The van der Waals surface area contributed by atoms with Crippen molar-refractivity contribution in [3.8, 4) is 11.5 Å². The average molecular weight is 278 g/mol. The van der Waals surface area contributed by atoms with E-state index in [9.17, 15) is 0 Å². The van der Waals surface area contributed by atoms with E-state index < -0.39 is 0 Å². The molecule has 1 fully saturated rings. The summed E-state index contributed by atoms with van der Waals surface area (Å²) in [5.74, 6) is 1.61. The maximum atomic E-state index is 6.40. The molecule has 1 aromatic carbocycles. The standard InChI is InChI=1S/C16H26N2O2/c1-4-9-18(12-5-6-12)11-15(17)14-8-7-13(19-2)10-16(14)20-3/h7-8,10,12,15H,4-6,9,11,17H2,1-3H3. The summed E-state index contributed by atoms with van der Waals surface area (Å²) in [6.07, 6.45) is 3.79. The maximum absolute atomic E-state index is 6.40.